The molecule has 3 aromatic carbocycles. The number of hydrogen-bond acceptors (Lipinski definition) is 6. The highest BCUT2D eigenvalue weighted by molar-refractivity contribution is 7.89. The lowest BCUT2D eigenvalue weighted by Gasteiger charge is -2.31. The van der Waals surface area contributed by atoms with Gasteiger partial charge in [-0.1, -0.05) is 66.6 Å². The Bertz CT molecular complexity index is 1820. The molecule has 0 saturated carbocycles. The standard InChI is InChI=1S/C30H31ClN4O4S/c1-3-25(35(17-7-16-32)40(37,38)23-13-10-20(2)11-14-23)29-33-27-24-18-22(31)12-15-26(24)39-28(27)30(36)34(29)19-21-8-5-4-6-9-21/h4-6,8-15,18,25H,3,7,16-17,19,32H2,1-2H3. The molecule has 2 heterocycles. The number of halogens is 1. The van der Waals surface area contributed by atoms with E-state index in [9.17, 15) is 13.2 Å². The monoisotopic (exact) mass is 578 g/mol. The van der Waals surface area contributed by atoms with Crippen LogP contribution in [0.1, 0.15) is 42.8 Å². The van der Waals surface area contributed by atoms with E-state index in [-0.39, 0.29) is 29.1 Å². The van der Waals surface area contributed by atoms with E-state index in [0.717, 1.165) is 11.1 Å². The predicted octanol–water partition coefficient (Wildman–Crippen LogP) is 5.64. The molecule has 8 nitrogen and oxygen atoms in total. The van der Waals surface area contributed by atoms with Crippen molar-refractivity contribution in [2.45, 2.75) is 44.2 Å². The minimum atomic E-state index is -3.96. The van der Waals surface area contributed by atoms with E-state index in [1.165, 1.54) is 8.87 Å². The number of rotatable bonds is 10. The molecule has 0 bridgehead atoms. The van der Waals surface area contributed by atoms with Crippen LogP contribution in [0.15, 0.2) is 86.9 Å². The van der Waals surface area contributed by atoms with Crippen molar-refractivity contribution in [2.24, 2.45) is 5.73 Å². The molecule has 0 saturated heterocycles. The molecular weight excluding hydrogens is 548 g/mol. The lowest BCUT2D eigenvalue weighted by Crippen LogP contribution is -2.40. The molecule has 0 fully saturated rings. The fourth-order valence-corrected chi connectivity index (χ4v) is 6.81. The highest BCUT2D eigenvalue weighted by atomic mass is 35.5. The van der Waals surface area contributed by atoms with E-state index in [0.29, 0.717) is 46.7 Å². The summed E-state index contributed by atoms with van der Waals surface area (Å²) in [5.41, 5.74) is 8.20. The van der Waals surface area contributed by atoms with Crippen molar-refractivity contribution >= 4 is 43.7 Å². The van der Waals surface area contributed by atoms with Crippen LogP contribution in [0.25, 0.3) is 22.1 Å². The summed E-state index contributed by atoms with van der Waals surface area (Å²) in [6, 6.07) is 20.6. The van der Waals surface area contributed by atoms with Gasteiger partial charge in [-0.25, -0.2) is 13.4 Å². The van der Waals surface area contributed by atoms with Gasteiger partial charge < -0.3 is 10.2 Å². The van der Waals surface area contributed by atoms with Gasteiger partial charge in [0, 0.05) is 17.0 Å². The van der Waals surface area contributed by atoms with E-state index in [2.05, 4.69) is 0 Å². The van der Waals surface area contributed by atoms with E-state index in [1.807, 2.05) is 44.2 Å². The minimum Gasteiger partial charge on any atom is -0.448 e. The average molecular weight is 579 g/mol. The lowest BCUT2D eigenvalue weighted by molar-refractivity contribution is 0.294. The second-order valence-electron chi connectivity index (χ2n) is 9.76. The number of benzene rings is 3. The molecule has 40 heavy (non-hydrogen) atoms. The number of aryl methyl sites for hydroxylation is 1. The van der Waals surface area contributed by atoms with Crippen molar-refractivity contribution in [3.8, 4) is 0 Å². The van der Waals surface area contributed by atoms with E-state index in [4.69, 9.17) is 26.7 Å². The Morgan fingerprint density at radius 2 is 1.80 bits per heavy atom. The van der Waals surface area contributed by atoms with Crippen molar-refractivity contribution in [1.82, 2.24) is 13.9 Å². The van der Waals surface area contributed by atoms with Crippen LogP contribution in [-0.2, 0) is 16.6 Å². The summed E-state index contributed by atoms with van der Waals surface area (Å²) in [4.78, 5) is 19.2. The predicted molar refractivity (Wildman–Crippen MR) is 158 cm³/mol. The normalized spacial score (nSPS) is 12.9. The molecule has 1 unspecified atom stereocenters. The molecule has 2 N–H and O–H groups in total. The van der Waals surface area contributed by atoms with Gasteiger partial charge in [0.05, 0.1) is 17.5 Å². The summed E-state index contributed by atoms with van der Waals surface area (Å²) in [5.74, 6) is 0.333. The average Bonchev–Trinajstić information content (AvgIpc) is 3.31. The summed E-state index contributed by atoms with van der Waals surface area (Å²) in [7, 11) is -3.96. The number of nitrogens with two attached hydrogens (primary N) is 1. The number of nitrogens with zero attached hydrogens (tertiary/aromatic N) is 3. The third kappa shape index (κ3) is 5.30. The number of fused-ring (bicyclic) bond motifs is 3. The third-order valence-electron chi connectivity index (χ3n) is 6.99. The van der Waals surface area contributed by atoms with Crippen LogP contribution in [0.5, 0.6) is 0 Å². The maximum Gasteiger partial charge on any atom is 0.297 e. The maximum absolute atomic E-state index is 14.1. The molecule has 2 aromatic heterocycles. The Labute approximate surface area is 238 Å². The molecule has 0 amide bonds. The highest BCUT2D eigenvalue weighted by Crippen LogP contribution is 2.33. The molecule has 5 aromatic rings. The van der Waals surface area contributed by atoms with E-state index in [1.54, 1.807) is 42.5 Å². The number of furan rings is 1. The quantitative estimate of drug-likeness (QED) is 0.229. The van der Waals surface area contributed by atoms with Crippen LogP contribution in [0.2, 0.25) is 5.02 Å². The molecule has 208 valence electrons. The maximum atomic E-state index is 14.1. The number of hydrogen-bond donors (Lipinski definition) is 1. The van der Waals surface area contributed by atoms with Gasteiger partial charge in [-0.3, -0.25) is 9.36 Å². The van der Waals surface area contributed by atoms with Crippen LogP contribution in [-0.4, -0.2) is 35.4 Å². The smallest absolute Gasteiger partial charge is 0.297 e. The zero-order valence-corrected chi connectivity index (χ0v) is 24.0. The Morgan fingerprint density at radius 1 is 1.07 bits per heavy atom. The van der Waals surface area contributed by atoms with Crippen molar-refractivity contribution < 1.29 is 12.8 Å². The summed E-state index contributed by atoms with van der Waals surface area (Å²) < 4.78 is 37.1. The Kier molecular flexibility index (Phi) is 8.09. The fourth-order valence-electron chi connectivity index (χ4n) is 4.94. The molecule has 1 atom stereocenters. The lowest BCUT2D eigenvalue weighted by atomic mass is 10.1. The van der Waals surface area contributed by atoms with Crippen molar-refractivity contribution in [3.05, 3.63) is 105 Å². The highest BCUT2D eigenvalue weighted by Gasteiger charge is 2.35. The molecule has 5 rings (SSSR count). The van der Waals surface area contributed by atoms with Gasteiger partial charge in [0.25, 0.3) is 5.56 Å². The van der Waals surface area contributed by atoms with Gasteiger partial charge in [0.1, 0.15) is 16.9 Å². The SMILES string of the molecule is CCC(c1nc2c(oc3ccc(Cl)cc32)c(=O)n1Cc1ccccc1)N(CCCN)S(=O)(=O)c1ccc(C)cc1. The second kappa shape index (κ2) is 11.5. The first kappa shape index (κ1) is 28.0. The zero-order chi connectivity index (χ0) is 28.4. The Morgan fingerprint density at radius 3 is 2.48 bits per heavy atom. The number of sulfonamides is 1. The van der Waals surface area contributed by atoms with Crippen molar-refractivity contribution in [3.63, 3.8) is 0 Å². The Hall–Kier alpha value is -3.50. The molecule has 0 aliphatic heterocycles. The molecule has 10 heteroatoms. The fraction of sp³-hybridized carbons (Fsp3) is 0.267. The third-order valence-corrected chi connectivity index (χ3v) is 9.15. The van der Waals surface area contributed by atoms with Crippen LogP contribution >= 0.6 is 11.6 Å². The van der Waals surface area contributed by atoms with Crippen LogP contribution in [0, 0.1) is 6.92 Å². The summed E-state index contributed by atoms with van der Waals surface area (Å²) in [5, 5.41) is 1.07. The molecule has 0 aliphatic carbocycles. The number of aromatic nitrogens is 2. The molecular formula is C30H31ClN4O4S. The van der Waals surface area contributed by atoms with Gasteiger partial charge in [-0.05, 0) is 62.2 Å². The first-order valence-electron chi connectivity index (χ1n) is 13.2. The summed E-state index contributed by atoms with van der Waals surface area (Å²) in [6.45, 7) is 4.47. The van der Waals surface area contributed by atoms with Crippen LogP contribution in [0.3, 0.4) is 0 Å². The molecule has 0 aliphatic rings. The Balaban J connectivity index is 1.77. The van der Waals surface area contributed by atoms with Gasteiger partial charge in [0.2, 0.25) is 15.6 Å². The van der Waals surface area contributed by atoms with Crippen molar-refractivity contribution in [2.75, 3.05) is 13.1 Å². The van der Waals surface area contributed by atoms with Crippen molar-refractivity contribution in [1.29, 1.82) is 0 Å². The van der Waals surface area contributed by atoms with Gasteiger partial charge in [-0.2, -0.15) is 4.31 Å². The molecule has 0 spiro atoms. The van der Waals surface area contributed by atoms with E-state index < -0.39 is 16.1 Å². The summed E-state index contributed by atoms with van der Waals surface area (Å²) in [6.07, 6.45) is 0.815. The van der Waals surface area contributed by atoms with Crippen LogP contribution < -0.4 is 11.3 Å². The summed E-state index contributed by atoms with van der Waals surface area (Å²) >= 11 is 6.28. The first-order chi connectivity index (χ1) is 19.2. The first-order valence-corrected chi connectivity index (χ1v) is 15.0. The largest absolute Gasteiger partial charge is 0.448 e. The van der Waals surface area contributed by atoms with Gasteiger partial charge in [-0.15, -0.1) is 0 Å². The minimum absolute atomic E-state index is 0.0988. The van der Waals surface area contributed by atoms with E-state index >= 15 is 0 Å². The van der Waals surface area contributed by atoms with Gasteiger partial charge >= 0.3 is 0 Å². The molecule has 0 radical (unpaired) electrons. The van der Waals surface area contributed by atoms with Gasteiger partial charge in [0.15, 0.2) is 0 Å². The second-order valence-corrected chi connectivity index (χ2v) is 12.1. The topological polar surface area (TPSA) is 111 Å². The zero-order valence-electron chi connectivity index (χ0n) is 22.4. The van der Waals surface area contributed by atoms with Crippen LogP contribution in [0.4, 0.5) is 0 Å².